The predicted octanol–water partition coefficient (Wildman–Crippen LogP) is 5.43. The van der Waals surface area contributed by atoms with Gasteiger partial charge in [0.2, 0.25) is 5.91 Å². The number of hydrogen-bond donors (Lipinski definition) is 1. The van der Waals surface area contributed by atoms with E-state index in [9.17, 15) is 9.18 Å². The fourth-order valence-electron chi connectivity index (χ4n) is 2.62. The van der Waals surface area contributed by atoms with Gasteiger partial charge in [0.1, 0.15) is 11.0 Å². The lowest BCUT2D eigenvalue weighted by molar-refractivity contribution is -0.117. The molecule has 136 valence electrons. The third-order valence-corrected chi connectivity index (χ3v) is 4.33. The number of hydrogen-bond acceptors (Lipinski definition) is 2. The quantitative estimate of drug-likeness (QED) is 0.473. The van der Waals surface area contributed by atoms with Crippen molar-refractivity contribution >= 4 is 23.6 Å². The second-order valence-corrected chi connectivity index (χ2v) is 6.50. The number of pyridine rings is 1. The molecule has 1 atom stereocenters. The molecule has 3 aromatic rings. The van der Waals surface area contributed by atoms with Crippen molar-refractivity contribution in [2.24, 2.45) is 0 Å². The molecule has 1 N–H and O–H groups in total. The van der Waals surface area contributed by atoms with Gasteiger partial charge in [-0.1, -0.05) is 41.9 Å². The Morgan fingerprint density at radius 1 is 1.11 bits per heavy atom. The average molecular weight is 381 g/mol. The number of carbonyl (C=O) groups excluding carboxylic acids is 1. The summed E-state index contributed by atoms with van der Waals surface area (Å²) in [6.45, 7) is 1.92. The smallest absolute Gasteiger partial charge is 0.244 e. The van der Waals surface area contributed by atoms with Gasteiger partial charge in [0.25, 0.3) is 0 Å². The highest BCUT2D eigenvalue weighted by molar-refractivity contribution is 6.29. The molecule has 0 fully saturated rings. The van der Waals surface area contributed by atoms with Crippen molar-refractivity contribution in [3.8, 4) is 11.1 Å². The molecule has 0 saturated heterocycles. The monoisotopic (exact) mass is 380 g/mol. The molecule has 3 nitrogen and oxygen atoms in total. The normalized spacial score (nSPS) is 12.1. The van der Waals surface area contributed by atoms with Crippen molar-refractivity contribution < 1.29 is 9.18 Å². The van der Waals surface area contributed by atoms with Gasteiger partial charge >= 0.3 is 0 Å². The first-order valence-corrected chi connectivity index (χ1v) is 8.85. The Kier molecular flexibility index (Phi) is 5.99. The van der Waals surface area contributed by atoms with Crippen molar-refractivity contribution in [1.82, 2.24) is 10.3 Å². The molecule has 5 heteroatoms. The minimum absolute atomic E-state index is 0.171. The summed E-state index contributed by atoms with van der Waals surface area (Å²) in [6.07, 6.45) is 4.81. The standard InChI is InChI=1S/C22H18ClFN2O/c1-15(26-22(27)12-7-16-5-9-20(24)10-6-16)17-3-2-4-18(13-17)19-8-11-21(23)25-14-19/h2-15H,1H3,(H,26,27)/t15-/m0/s1. The van der Waals surface area contributed by atoms with Crippen LogP contribution in [0.4, 0.5) is 4.39 Å². The first-order valence-electron chi connectivity index (χ1n) is 8.47. The highest BCUT2D eigenvalue weighted by Gasteiger charge is 2.09. The number of nitrogens with zero attached hydrogens (tertiary/aromatic N) is 1. The van der Waals surface area contributed by atoms with Crippen molar-refractivity contribution in [3.05, 3.63) is 95.0 Å². The fraction of sp³-hybridized carbons (Fsp3) is 0.0909. The SMILES string of the molecule is C[C@H](NC(=O)C=Cc1ccc(F)cc1)c1cccc(-c2ccc(Cl)nc2)c1. The lowest BCUT2D eigenvalue weighted by atomic mass is 10.0. The molecule has 3 rings (SSSR count). The molecule has 1 amide bonds. The van der Waals surface area contributed by atoms with Gasteiger partial charge in [-0.2, -0.15) is 0 Å². The maximum atomic E-state index is 12.9. The Balaban J connectivity index is 1.67. The van der Waals surface area contributed by atoms with Crippen molar-refractivity contribution in [3.63, 3.8) is 0 Å². The minimum Gasteiger partial charge on any atom is -0.346 e. The first-order chi connectivity index (χ1) is 13.0. The van der Waals surface area contributed by atoms with Gasteiger partial charge in [0.05, 0.1) is 6.04 Å². The molecule has 0 radical (unpaired) electrons. The highest BCUT2D eigenvalue weighted by atomic mass is 35.5. The van der Waals surface area contributed by atoms with E-state index in [0.717, 1.165) is 22.3 Å². The van der Waals surface area contributed by atoms with Crippen molar-refractivity contribution in [2.45, 2.75) is 13.0 Å². The van der Waals surface area contributed by atoms with Gasteiger partial charge in [-0.25, -0.2) is 9.37 Å². The van der Waals surface area contributed by atoms with E-state index in [1.165, 1.54) is 18.2 Å². The molecule has 0 bridgehead atoms. The molecule has 0 aliphatic rings. The van der Waals surface area contributed by atoms with Crippen LogP contribution in [0.5, 0.6) is 0 Å². The van der Waals surface area contributed by atoms with Crippen LogP contribution < -0.4 is 5.32 Å². The van der Waals surface area contributed by atoms with Gasteiger partial charge in [-0.05, 0) is 60.0 Å². The van der Waals surface area contributed by atoms with E-state index in [2.05, 4.69) is 10.3 Å². The molecule has 0 unspecified atom stereocenters. The topological polar surface area (TPSA) is 42.0 Å². The Labute approximate surface area is 162 Å². The number of aromatic nitrogens is 1. The molecular weight excluding hydrogens is 363 g/mol. The van der Waals surface area contributed by atoms with Crippen LogP contribution in [0, 0.1) is 5.82 Å². The minimum atomic E-state index is -0.305. The van der Waals surface area contributed by atoms with Crippen LogP contribution in [0.2, 0.25) is 5.15 Å². The summed E-state index contributed by atoms with van der Waals surface area (Å²) < 4.78 is 12.9. The fourth-order valence-corrected chi connectivity index (χ4v) is 2.74. The van der Waals surface area contributed by atoms with Crippen LogP contribution in [-0.2, 0) is 4.79 Å². The Morgan fingerprint density at radius 2 is 1.89 bits per heavy atom. The molecule has 27 heavy (non-hydrogen) atoms. The van der Waals surface area contributed by atoms with E-state index in [1.807, 2.05) is 37.3 Å². The van der Waals surface area contributed by atoms with Crippen LogP contribution >= 0.6 is 11.6 Å². The van der Waals surface area contributed by atoms with Crippen LogP contribution in [0.15, 0.2) is 72.9 Å². The van der Waals surface area contributed by atoms with E-state index in [1.54, 1.807) is 30.5 Å². The van der Waals surface area contributed by atoms with E-state index < -0.39 is 0 Å². The molecule has 0 saturated carbocycles. The van der Waals surface area contributed by atoms with Crippen LogP contribution in [0.1, 0.15) is 24.1 Å². The van der Waals surface area contributed by atoms with Gasteiger partial charge < -0.3 is 5.32 Å². The zero-order valence-electron chi connectivity index (χ0n) is 14.7. The zero-order valence-corrected chi connectivity index (χ0v) is 15.5. The summed E-state index contributed by atoms with van der Waals surface area (Å²) in [7, 11) is 0. The van der Waals surface area contributed by atoms with Crippen molar-refractivity contribution in [2.75, 3.05) is 0 Å². The molecular formula is C22H18ClFN2O. The number of nitrogens with one attached hydrogen (secondary N) is 1. The first kappa shape index (κ1) is 18.8. The summed E-state index contributed by atoms with van der Waals surface area (Å²) in [5.74, 6) is -0.522. The third-order valence-electron chi connectivity index (χ3n) is 4.10. The number of rotatable bonds is 5. The van der Waals surface area contributed by atoms with Crippen molar-refractivity contribution in [1.29, 1.82) is 0 Å². The van der Waals surface area contributed by atoms with E-state index in [-0.39, 0.29) is 17.8 Å². The number of benzene rings is 2. The largest absolute Gasteiger partial charge is 0.346 e. The third kappa shape index (κ3) is 5.25. The van der Waals surface area contributed by atoms with Crippen LogP contribution in [0.25, 0.3) is 17.2 Å². The summed E-state index contributed by atoms with van der Waals surface area (Å²) >= 11 is 5.84. The number of carbonyl (C=O) groups is 1. The zero-order chi connectivity index (χ0) is 19.2. The average Bonchev–Trinajstić information content (AvgIpc) is 2.68. The second-order valence-electron chi connectivity index (χ2n) is 6.11. The molecule has 2 aromatic carbocycles. The number of amides is 1. The summed E-state index contributed by atoms with van der Waals surface area (Å²) in [4.78, 5) is 16.3. The molecule has 1 aromatic heterocycles. The lowest BCUT2D eigenvalue weighted by Crippen LogP contribution is -2.24. The van der Waals surface area contributed by atoms with Gasteiger partial charge in [-0.15, -0.1) is 0 Å². The van der Waals surface area contributed by atoms with Gasteiger partial charge in [-0.3, -0.25) is 4.79 Å². The molecule has 0 aliphatic carbocycles. The summed E-state index contributed by atoms with van der Waals surface area (Å²) in [5, 5.41) is 3.38. The summed E-state index contributed by atoms with van der Waals surface area (Å²) in [6, 6.07) is 17.3. The maximum Gasteiger partial charge on any atom is 0.244 e. The second kappa shape index (κ2) is 8.60. The van der Waals surface area contributed by atoms with E-state index >= 15 is 0 Å². The predicted molar refractivity (Wildman–Crippen MR) is 107 cm³/mol. The molecule has 1 heterocycles. The Bertz CT molecular complexity index is 953. The summed E-state index contributed by atoms with van der Waals surface area (Å²) in [5.41, 5.74) is 3.69. The lowest BCUT2D eigenvalue weighted by Gasteiger charge is -2.14. The van der Waals surface area contributed by atoms with Crippen LogP contribution in [0.3, 0.4) is 0 Å². The van der Waals surface area contributed by atoms with E-state index in [0.29, 0.717) is 5.15 Å². The van der Waals surface area contributed by atoms with E-state index in [4.69, 9.17) is 11.6 Å². The Hall–Kier alpha value is -2.98. The maximum absolute atomic E-state index is 12.9. The van der Waals surface area contributed by atoms with Gasteiger partial charge in [0, 0.05) is 17.8 Å². The van der Waals surface area contributed by atoms with Gasteiger partial charge in [0.15, 0.2) is 0 Å². The number of halogens is 2. The molecule has 0 spiro atoms. The van der Waals surface area contributed by atoms with Crippen LogP contribution in [-0.4, -0.2) is 10.9 Å². The molecule has 0 aliphatic heterocycles. The Morgan fingerprint density at radius 3 is 2.59 bits per heavy atom. The highest BCUT2D eigenvalue weighted by Crippen LogP contribution is 2.23.